The van der Waals surface area contributed by atoms with Gasteiger partial charge in [0.15, 0.2) is 11.5 Å². The molecule has 3 aromatic carbocycles. The summed E-state index contributed by atoms with van der Waals surface area (Å²) < 4.78 is 39.3. The van der Waals surface area contributed by atoms with Crippen LogP contribution >= 0.6 is 0 Å². The zero-order valence-electron chi connectivity index (χ0n) is 23.4. The fraction of sp³-hybridized carbons (Fsp3) is 0.333. The molecule has 4 rings (SSSR count). The molecule has 12 heteroatoms. The summed E-state index contributed by atoms with van der Waals surface area (Å²) >= 11 is 0. The Kier molecular flexibility index (Phi) is 12.6. The van der Waals surface area contributed by atoms with Crippen LogP contribution in [0.3, 0.4) is 0 Å². The maximum absolute atomic E-state index is 13.7. The van der Waals surface area contributed by atoms with Crippen LogP contribution in [-0.4, -0.2) is 67.4 Å². The molecular formula is C30H36HoN3O7S-. The van der Waals surface area contributed by atoms with E-state index in [1.165, 1.54) is 28.9 Å². The largest absolute Gasteiger partial charge is 0.506 e. The van der Waals surface area contributed by atoms with Gasteiger partial charge in [0.05, 0.1) is 28.6 Å². The number of carbonyl (C=O) groups excluding carboxylic acids is 1. The molecule has 231 valence electrons. The third-order valence-electron chi connectivity index (χ3n) is 6.52. The van der Waals surface area contributed by atoms with Crippen LogP contribution in [0, 0.1) is 50.1 Å². The Bertz CT molecular complexity index is 1420. The molecule has 2 atom stereocenters. The number of aromatic hydroxyl groups is 1. The Morgan fingerprint density at radius 3 is 2.40 bits per heavy atom. The Balaban J connectivity index is 0.00000484. The number of nitrogens with one attached hydrogen (secondary N) is 2. The normalized spacial score (nSPS) is 13.7. The van der Waals surface area contributed by atoms with Gasteiger partial charge in [0.1, 0.15) is 5.75 Å². The van der Waals surface area contributed by atoms with E-state index in [2.05, 4.69) is 10.6 Å². The van der Waals surface area contributed by atoms with Crippen molar-refractivity contribution in [1.82, 2.24) is 9.62 Å². The van der Waals surface area contributed by atoms with Gasteiger partial charge >= 0.3 is 0 Å². The van der Waals surface area contributed by atoms with Crippen molar-refractivity contribution in [2.45, 2.75) is 37.3 Å². The number of anilines is 1. The van der Waals surface area contributed by atoms with E-state index >= 15 is 0 Å². The van der Waals surface area contributed by atoms with Gasteiger partial charge in [-0.15, -0.1) is 0 Å². The number of phenols is 1. The summed E-state index contributed by atoms with van der Waals surface area (Å²) in [7, 11) is -4.01. The SMILES string of the molecule is CC(C)CN(C[C@@H](O)[C@H](Cc1ccccc1)NC(=O)[CH-]CNc1ccccc1O)S(=O)(=O)c1ccc2c(c1)OCO2.[Ho]. The van der Waals surface area contributed by atoms with Crippen molar-refractivity contribution in [3.05, 3.63) is 84.8 Å². The van der Waals surface area contributed by atoms with E-state index in [0.29, 0.717) is 17.2 Å². The predicted molar refractivity (Wildman–Crippen MR) is 155 cm³/mol. The van der Waals surface area contributed by atoms with Crippen molar-refractivity contribution in [1.29, 1.82) is 0 Å². The second-order valence-electron chi connectivity index (χ2n) is 10.2. The summed E-state index contributed by atoms with van der Waals surface area (Å²) in [6, 6.07) is 19.7. The van der Waals surface area contributed by atoms with E-state index in [0.717, 1.165) is 5.56 Å². The number of fused-ring (bicyclic) bond motifs is 1. The van der Waals surface area contributed by atoms with Gasteiger partial charge in [0.2, 0.25) is 16.8 Å². The van der Waals surface area contributed by atoms with E-state index in [1.54, 1.807) is 24.3 Å². The summed E-state index contributed by atoms with van der Waals surface area (Å²) in [4.78, 5) is 12.9. The van der Waals surface area contributed by atoms with Crippen molar-refractivity contribution < 1.29 is 70.6 Å². The number of carbonyl (C=O) groups is 1. The zero-order chi connectivity index (χ0) is 29.4. The number of phenolic OH excluding ortho intramolecular Hbond substituents is 1. The molecule has 1 heterocycles. The molecular weight excluding hydrogens is 711 g/mol. The van der Waals surface area contributed by atoms with Gasteiger partial charge in [-0.2, -0.15) is 4.31 Å². The number of aliphatic hydroxyl groups excluding tert-OH is 1. The standard InChI is InChI=1S/C30H36N3O7S.Ho/c1-21(2)18-33(41(37,38)23-12-13-28-29(17-23)40-20-39-28)19-27(35)25(16-22-8-4-3-5-9-22)32-30(36)14-15-31-24-10-6-7-11-26(24)34;/h3-14,17,21,25,27,31,34-35H,15-16,18-20H2,1-2H3,(H,32,36);/q-1;/t25-,27+;/m0./s1. The van der Waals surface area contributed by atoms with Gasteiger partial charge in [-0.25, -0.2) is 8.42 Å². The van der Waals surface area contributed by atoms with Gasteiger partial charge in [0, 0.05) is 56.9 Å². The molecule has 1 amide bonds. The number of ether oxygens (including phenoxy) is 2. The first kappa shape index (κ1) is 33.8. The summed E-state index contributed by atoms with van der Waals surface area (Å²) in [6.07, 6.45) is 0.432. The molecule has 0 saturated carbocycles. The minimum absolute atomic E-state index is 0. The van der Waals surface area contributed by atoms with Crippen molar-refractivity contribution in [3.8, 4) is 17.2 Å². The maximum Gasteiger partial charge on any atom is 0.243 e. The minimum atomic E-state index is -4.01. The van der Waals surface area contributed by atoms with Crippen molar-refractivity contribution >= 4 is 21.6 Å². The van der Waals surface area contributed by atoms with Crippen molar-refractivity contribution in [2.24, 2.45) is 5.92 Å². The fourth-order valence-corrected chi connectivity index (χ4v) is 6.11. The van der Waals surface area contributed by atoms with Crippen LogP contribution in [-0.2, 0) is 21.2 Å². The molecule has 42 heavy (non-hydrogen) atoms. The predicted octanol–water partition coefficient (Wildman–Crippen LogP) is 3.17. The van der Waals surface area contributed by atoms with Crippen LogP contribution < -0.4 is 20.1 Å². The molecule has 1 aliphatic rings. The Morgan fingerprint density at radius 2 is 1.69 bits per heavy atom. The molecule has 4 N–H and O–H groups in total. The molecule has 0 spiro atoms. The summed E-state index contributed by atoms with van der Waals surface area (Å²) in [6.45, 7) is 3.87. The molecule has 1 radical (unpaired) electrons. The quantitative estimate of drug-likeness (QED) is 0.112. The zero-order valence-corrected chi connectivity index (χ0v) is 26.1. The summed E-state index contributed by atoms with van der Waals surface area (Å²) in [5, 5.41) is 27.1. The first-order chi connectivity index (χ1) is 19.6. The number of para-hydroxylation sites is 2. The smallest absolute Gasteiger partial charge is 0.243 e. The molecule has 0 saturated heterocycles. The van der Waals surface area contributed by atoms with Gasteiger partial charge in [-0.3, -0.25) is 6.42 Å². The third kappa shape index (κ3) is 9.16. The number of benzene rings is 3. The molecule has 0 aromatic heterocycles. The fourth-order valence-electron chi connectivity index (χ4n) is 4.47. The van der Waals surface area contributed by atoms with E-state index in [4.69, 9.17) is 9.47 Å². The van der Waals surface area contributed by atoms with Crippen LogP contribution in [0.5, 0.6) is 17.2 Å². The minimum Gasteiger partial charge on any atom is -0.506 e. The maximum atomic E-state index is 13.7. The molecule has 0 aliphatic carbocycles. The summed E-state index contributed by atoms with van der Waals surface area (Å²) in [5.41, 5.74) is 1.36. The Morgan fingerprint density at radius 1 is 1.00 bits per heavy atom. The molecule has 0 unspecified atom stereocenters. The molecule has 0 bridgehead atoms. The third-order valence-corrected chi connectivity index (χ3v) is 8.34. The van der Waals surface area contributed by atoms with E-state index < -0.39 is 28.1 Å². The van der Waals surface area contributed by atoms with Gasteiger partial charge in [-0.05, 0) is 42.2 Å². The van der Waals surface area contributed by atoms with Gasteiger partial charge < -0.3 is 35.1 Å². The second-order valence-corrected chi connectivity index (χ2v) is 12.1. The summed E-state index contributed by atoms with van der Waals surface area (Å²) in [5.74, 6) is 0.410. The number of nitrogens with zero attached hydrogens (tertiary/aromatic N) is 1. The van der Waals surface area contributed by atoms with Crippen molar-refractivity contribution in [2.75, 3.05) is 31.7 Å². The van der Waals surface area contributed by atoms with E-state index in [1.807, 2.05) is 44.2 Å². The molecule has 1 aliphatic heterocycles. The molecule has 3 aromatic rings. The monoisotopic (exact) mass is 747 g/mol. The first-order valence-corrected chi connectivity index (χ1v) is 14.8. The van der Waals surface area contributed by atoms with Crippen LogP contribution in [0.25, 0.3) is 0 Å². The van der Waals surface area contributed by atoms with Crippen molar-refractivity contribution in [3.63, 3.8) is 0 Å². The number of hydrogen-bond donors (Lipinski definition) is 4. The number of rotatable bonds is 14. The Hall–Kier alpha value is -2.67. The number of sulfonamides is 1. The number of amides is 1. The first-order valence-electron chi connectivity index (χ1n) is 13.4. The number of aliphatic hydroxyl groups is 1. The molecule has 10 nitrogen and oxygen atoms in total. The average molecular weight is 748 g/mol. The topological polar surface area (TPSA) is 137 Å². The number of hydrogen-bond acceptors (Lipinski definition) is 8. The van der Waals surface area contributed by atoms with Crippen LogP contribution in [0.15, 0.2) is 77.7 Å². The Labute approximate surface area is 277 Å². The van der Waals surface area contributed by atoms with Gasteiger partial charge in [-0.1, -0.05) is 62.9 Å². The molecule has 0 fully saturated rings. The van der Waals surface area contributed by atoms with Crippen LogP contribution in [0.2, 0.25) is 0 Å². The van der Waals surface area contributed by atoms with E-state index in [9.17, 15) is 23.4 Å². The van der Waals surface area contributed by atoms with Crippen LogP contribution in [0.1, 0.15) is 19.4 Å². The van der Waals surface area contributed by atoms with Gasteiger partial charge in [0.25, 0.3) is 0 Å². The van der Waals surface area contributed by atoms with Crippen LogP contribution in [0.4, 0.5) is 5.69 Å². The van der Waals surface area contributed by atoms with E-state index in [-0.39, 0.29) is 87.1 Å². The second kappa shape index (κ2) is 15.7. The average Bonchev–Trinajstić information content (AvgIpc) is 3.42.